The van der Waals surface area contributed by atoms with Crippen molar-refractivity contribution in [2.45, 2.75) is 76.2 Å². The number of aliphatic hydroxyl groups excluding tert-OH is 2. The van der Waals surface area contributed by atoms with E-state index in [1.807, 2.05) is 9.80 Å². The minimum atomic E-state index is -0.648. The Bertz CT molecular complexity index is 2020. The lowest BCUT2D eigenvalue weighted by molar-refractivity contribution is 0.103. The lowest BCUT2D eigenvalue weighted by Gasteiger charge is -2.32. The van der Waals surface area contributed by atoms with Gasteiger partial charge < -0.3 is 25.7 Å². The predicted octanol–water partition coefficient (Wildman–Crippen LogP) is 5.93. The minimum absolute atomic E-state index is 0.0993. The van der Waals surface area contributed by atoms with Gasteiger partial charge in [0.05, 0.1) is 12.2 Å². The molecule has 0 saturated carbocycles. The Morgan fingerprint density at radius 2 is 1.23 bits per heavy atom. The van der Waals surface area contributed by atoms with Gasteiger partial charge in [0.2, 0.25) is 0 Å². The molecule has 3 atom stereocenters. The van der Waals surface area contributed by atoms with Crippen LogP contribution in [0.1, 0.15) is 65.0 Å². The number of carbonyl (C=O) groups is 2. The summed E-state index contributed by atoms with van der Waals surface area (Å²) < 4.78 is 0. The van der Waals surface area contributed by atoms with E-state index in [0.29, 0.717) is 38.6 Å². The maximum Gasteiger partial charge on any atom is 0.321 e. The molecule has 1 saturated heterocycles. The number of amides is 4. The van der Waals surface area contributed by atoms with Crippen LogP contribution in [0.2, 0.25) is 0 Å². The summed E-state index contributed by atoms with van der Waals surface area (Å²) in [4.78, 5) is 35.1. The number of urea groups is 2. The molecule has 3 unspecified atom stereocenters. The van der Waals surface area contributed by atoms with Crippen LogP contribution in [0.4, 0.5) is 15.3 Å². The van der Waals surface area contributed by atoms with E-state index >= 15 is 0 Å². The van der Waals surface area contributed by atoms with Crippen molar-refractivity contribution < 1.29 is 19.8 Å². The zero-order valence-electron chi connectivity index (χ0n) is 33.1. The lowest BCUT2D eigenvalue weighted by atomic mass is 9.89. The molecule has 10 nitrogen and oxygen atoms in total. The van der Waals surface area contributed by atoms with Crippen LogP contribution in [0.25, 0.3) is 11.1 Å². The Balaban J connectivity index is 0.829. The van der Waals surface area contributed by atoms with Crippen molar-refractivity contribution >= 4 is 17.7 Å². The van der Waals surface area contributed by atoms with E-state index in [-0.39, 0.29) is 25.2 Å². The van der Waals surface area contributed by atoms with E-state index in [1.54, 1.807) is 0 Å². The van der Waals surface area contributed by atoms with Gasteiger partial charge in [0, 0.05) is 77.7 Å². The molecule has 4 heterocycles. The van der Waals surface area contributed by atoms with Crippen molar-refractivity contribution in [3.05, 3.63) is 124 Å². The van der Waals surface area contributed by atoms with Crippen LogP contribution >= 0.6 is 0 Å². The third kappa shape index (κ3) is 9.70. The fourth-order valence-corrected chi connectivity index (χ4v) is 9.33. The van der Waals surface area contributed by atoms with Crippen LogP contribution in [0.3, 0.4) is 0 Å². The molecule has 4 amide bonds. The molecule has 0 radical (unpaired) electrons. The van der Waals surface area contributed by atoms with Gasteiger partial charge in [-0.15, -0.1) is 0 Å². The summed E-state index contributed by atoms with van der Waals surface area (Å²) in [5, 5.41) is 27.7. The Labute approximate surface area is 337 Å². The number of benzene rings is 4. The number of carbonyl (C=O) groups excluding carboxylic acids is 2. The lowest BCUT2D eigenvalue weighted by Crippen LogP contribution is -2.47. The number of rotatable bonds is 10. The van der Waals surface area contributed by atoms with Crippen molar-refractivity contribution in [1.82, 2.24) is 25.3 Å². The minimum Gasteiger partial charge on any atom is -0.390 e. The predicted molar refractivity (Wildman–Crippen MR) is 225 cm³/mol. The molecule has 4 N–H and O–H groups in total. The maximum atomic E-state index is 13.6. The van der Waals surface area contributed by atoms with Gasteiger partial charge in [0.1, 0.15) is 0 Å². The molecule has 0 aliphatic carbocycles. The number of β-amino-alcohol motifs (C(OH)–C–C–N with tert-alkyl or cyclic N) is 2. The van der Waals surface area contributed by atoms with Gasteiger partial charge in [-0.25, -0.2) is 9.59 Å². The second kappa shape index (κ2) is 18.2. The van der Waals surface area contributed by atoms with Crippen LogP contribution < -0.4 is 15.5 Å². The number of likely N-dealkylation sites (tertiary alicyclic amines) is 1. The summed E-state index contributed by atoms with van der Waals surface area (Å²) in [6, 6.07) is 31.9. The fourth-order valence-electron chi connectivity index (χ4n) is 9.33. The van der Waals surface area contributed by atoms with Gasteiger partial charge in [-0.05, 0) is 101 Å². The van der Waals surface area contributed by atoms with Crippen LogP contribution in [0, 0.1) is 0 Å². The summed E-state index contributed by atoms with van der Waals surface area (Å²) in [5.74, 6) is 0.335. The third-order valence-electron chi connectivity index (χ3n) is 12.5. The first-order valence-corrected chi connectivity index (χ1v) is 21.1. The van der Waals surface area contributed by atoms with Crippen molar-refractivity contribution in [3.8, 4) is 11.1 Å². The van der Waals surface area contributed by atoms with Crippen LogP contribution in [-0.4, -0.2) is 108 Å². The molecule has 8 rings (SSSR count). The SMILES string of the molecule is O=C(NCC(O)CN1CCc2ccccc2C1)N1CCCC(c2cccc(-c3ccc4c(c3)N(C(=O)NCC(O)CN3CCc5ccccc5C3)CCC4)c2)CC1. The summed E-state index contributed by atoms with van der Waals surface area (Å²) in [5.41, 5.74) is 11.0. The van der Waals surface area contributed by atoms with Crippen molar-refractivity contribution in [1.29, 1.82) is 0 Å². The molecule has 1 fully saturated rings. The van der Waals surface area contributed by atoms with E-state index in [1.165, 1.54) is 27.8 Å². The fraction of sp³-hybridized carbons (Fsp3) is 0.447. The van der Waals surface area contributed by atoms with E-state index in [4.69, 9.17) is 0 Å². The monoisotopic (exact) mass is 770 g/mol. The first-order chi connectivity index (χ1) is 27.9. The molecule has 0 spiro atoms. The second-order valence-corrected chi connectivity index (χ2v) is 16.5. The number of anilines is 1. The average molecular weight is 771 g/mol. The van der Waals surface area contributed by atoms with E-state index in [9.17, 15) is 19.8 Å². The molecule has 10 heteroatoms. The maximum absolute atomic E-state index is 13.6. The van der Waals surface area contributed by atoms with Gasteiger partial charge in [0.15, 0.2) is 0 Å². The first kappa shape index (κ1) is 39.1. The van der Waals surface area contributed by atoms with Crippen molar-refractivity contribution in [3.63, 3.8) is 0 Å². The molecule has 300 valence electrons. The van der Waals surface area contributed by atoms with Gasteiger partial charge >= 0.3 is 12.1 Å². The van der Waals surface area contributed by atoms with E-state index in [2.05, 4.69) is 111 Å². The van der Waals surface area contributed by atoms with Gasteiger partial charge in [-0.3, -0.25) is 14.7 Å². The van der Waals surface area contributed by atoms with Crippen LogP contribution in [0.15, 0.2) is 91.0 Å². The number of aliphatic hydroxyl groups is 2. The Hall–Kier alpha value is -4.74. The highest BCUT2D eigenvalue weighted by molar-refractivity contribution is 5.94. The number of hydrogen-bond acceptors (Lipinski definition) is 6. The highest BCUT2D eigenvalue weighted by Gasteiger charge is 2.27. The number of nitrogens with zero attached hydrogens (tertiary/aromatic N) is 4. The molecule has 4 aliphatic heterocycles. The highest BCUT2D eigenvalue weighted by atomic mass is 16.3. The molecule has 4 aromatic rings. The molecule has 4 aliphatic rings. The Morgan fingerprint density at radius 1 is 0.596 bits per heavy atom. The number of fused-ring (bicyclic) bond motifs is 3. The average Bonchev–Trinajstić information content (AvgIpc) is 3.51. The number of nitrogens with one attached hydrogen (secondary N) is 2. The molecular weight excluding hydrogens is 713 g/mol. The summed E-state index contributed by atoms with van der Waals surface area (Å²) in [6.07, 6.45) is 5.32. The summed E-state index contributed by atoms with van der Waals surface area (Å²) in [6.45, 7) is 7.01. The first-order valence-electron chi connectivity index (χ1n) is 21.1. The zero-order valence-corrected chi connectivity index (χ0v) is 33.1. The van der Waals surface area contributed by atoms with Crippen molar-refractivity contribution in [2.24, 2.45) is 0 Å². The summed E-state index contributed by atoms with van der Waals surface area (Å²) in [7, 11) is 0. The molecule has 0 bridgehead atoms. The van der Waals surface area contributed by atoms with Gasteiger partial charge in [-0.2, -0.15) is 0 Å². The highest BCUT2D eigenvalue weighted by Crippen LogP contribution is 2.35. The van der Waals surface area contributed by atoms with Crippen molar-refractivity contribution in [2.75, 3.05) is 63.8 Å². The Morgan fingerprint density at radius 3 is 1.91 bits per heavy atom. The number of aryl methyl sites for hydroxylation is 1. The normalized spacial score (nSPS) is 19.7. The van der Waals surface area contributed by atoms with Gasteiger partial charge in [0.25, 0.3) is 0 Å². The number of hydrogen-bond donors (Lipinski definition) is 4. The smallest absolute Gasteiger partial charge is 0.321 e. The quantitative estimate of drug-likeness (QED) is 0.159. The second-order valence-electron chi connectivity index (χ2n) is 16.5. The van der Waals surface area contributed by atoms with Crippen LogP contribution in [-0.2, 0) is 32.4 Å². The van der Waals surface area contributed by atoms with Gasteiger partial charge in [-0.1, -0.05) is 84.9 Å². The molecule has 0 aromatic heterocycles. The molecular formula is C47H58N6O4. The summed E-state index contributed by atoms with van der Waals surface area (Å²) >= 11 is 0. The standard InChI is InChI=1S/C47H58N6O4/c54-43(32-50-23-18-35-8-1-3-10-41(35)30-50)28-48-46(56)52-21-6-14-34(20-25-52)38-12-5-13-39(26-38)40-17-16-37-15-7-22-53(45(37)27-40)47(57)49-29-44(55)33-51-24-19-36-9-2-4-11-42(36)31-51/h1-5,8-13,16-17,26-27,34,43-44,54-55H,6-7,14-15,18-25,28-33H2,(H,48,56)(H,49,57). The molecule has 57 heavy (non-hydrogen) atoms. The van der Waals surface area contributed by atoms with E-state index < -0.39 is 12.2 Å². The third-order valence-corrected chi connectivity index (χ3v) is 12.5. The molecule has 4 aromatic carbocycles. The largest absolute Gasteiger partial charge is 0.390 e. The Kier molecular flexibility index (Phi) is 12.5. The topological polar surface area (TPSA) is 112 Å². The van der Waals surface area contributed by atoms with Crippen LogP contribution in [0.5, 0.6) is 0 Å². The van der Waals surface area contributed by atoms with E-state index in [0.717, 1.165) is 93.5 Å². The zero-order chi connectivity index (χ0) is 39.1.